The number of aliphatic carboxylic acids is 1. The van der Waals surface area contributed by atoms with Crippen LogP contribution in [0.5, 0.6) is 5.75 Å². The molecular weight excluding hydrogens is 372 g/mol. The molecule has 1 heterocycles. The number of ether oxygens (including phenoxy) is 2. The second-order valence-corrected chi connectivity index (χ2v) is 14.1. The second kappa shape index (κ2) is 8.55. The Bertz CT molecular complexity index is 695. The predicted molar refractivity (Wildman–Crippen MR) is 113 cm³/mol. The fraction of sp³-hybridized carbons (Fsp3) is 0.682. The Labute approximate surface area is 170 Å². The highest BCUT2D eigenvalue weighted by Crippen LogP contribution is 2.39. The molecule has 28 heavy (non-hydrogen) atoms. The molecule has 0 bridgehead atoms. The molecule has 1 aromatic carbocycles. The number of carboxylic acids is 1. The molecule has 0 radical (unpaired) electrons. The molecule has 1 saturated heterocycles. The molecule has 0 saturated carbocycles. The Morgan fingerprint density at radius 2 is 2.04 bits per heavy atom. The first-order valence-corrected chi connectivity index (χ1v) is 13.1. The molecule has 0 spiro atoms. The molecule has 2 atom stereocenters. The lowest BCUT2D eigenvalue weighted by atomic mass is 9.83. The van der Waals surface area contributed by atoms with Gasteiger partial charge >= 0.3 is 5.97 Å². The molecule has 1 aliphatic heterocycles. The summed E-state index contributed by atoms with van der Waals surface area (Å²) in [5.41, 5.74) is 0.758. The summed E-state index contributed by atoms with van der Waals surface area (Å²) >= 11 is 0. The summed E-state index contributed by atoms with van der Waals surface area (Å²) in [5, 5.41) is 9.96. The van der Waals surface area contributed by atoms with E-state index in [1.54, 1.807) is 0 Å². The van der Waals surface area contributed by atoms with Gasteiger partial charge in [-0.25, -0.2) is 4.79 Å². The lowest BCUT2D eigenvalue weighted by molar-refractivity contribution is -0.163. The highest BCUT2D eigenvalue weighted by molar-refractivity contribution is 6.74. The van der Waals surface area contributed by atoms with Gasteiger partial charge in [-0.2, -0.15) is 0 Å². The monoisotopic (exact) mass is 408 g/mol. The third kappa shape index (κ3) is 4.78. The maximum Gasteiger partial charge on any atom is 0.336 e. The van der Waals surface area contributed by atoms with Crippen LogP contribution in [0, 0.1) is 5.92 Å². The highest BCUT2D eigenvalue weighted by Gasteiger charge is 2.48. The minimum atomic E-state index is -1.90. The first kappa shape index (κ1) is 22.9. The summed E-state index contributed by atoms with van der Waals surface area (Å²) in [6.07, 6.45) is 1.12. The maximum atomic E-state index is 12.0. The van der Waals surface area contributed by atoms with E-state index in [0.717, 1.165) is 23.3 Å². The average molecular weight is 409 g/mol. The molecule has 158 valence electrons. The topological polar surface area (TPSA) is 65.0 Å². The van der Waals surface area contributed by atoms with Crippen LogP contribution in [0.25, 0.3) is 0 Å². The summed E-state index contributed by atoms with van der Waals surface area (Å²) in [5.74, 6) is -0.108. The first-order chi connectivity index (χ1) is 12.9. The van der Waals surface area contributed by atoms with E-state index in [2.05, 4.69) is 33.9 Å². The van der Waals surface area contributed by atoms with Crippen LogP contribution in [0.15, 0.2) is 18.2 Å². The van der Waals surface area contributed by atoms with Gasteiger partial charge in [-0.3, -0.25) is 0 Å². The molecule has 5 nitrogen and oxygen atoms in total. The second-order valence-electron chi connectivity index (χ2n) is 9.33. The van der Waals surface area contributed by atoms with Crippen molar-refractivity contribution >= 4 is 14.3 Å². The predicted octanol–water partition coefficient (Wildman–Crippen LogP) is 5.03. The molecule has 1 fully saturated rings. The Morgan fingerprint density at radius 3 is 2.54 bits per heavy atom. The van der Waals surface area contributed by atoms with Crippen molar-refractivity contribution in [2.45, 2.75) is 77.8 Å². The highest BCUT2D eigenvalue weighted by atomic mass is 28.4. The minimum Gasteiger partial charge on any atom is -0.494 e. The van der Waals surface area contributed by atoms with Crippen LogP contribution in [0.4, 0.5) is 0 Å². The lowest BCUT2D eigenvalue weighted by Crippen LogP contribution is -2.45. The normalized spacial score (nSPS) is 23.0. The molecule has 0 aromatic heterocycles. The van der Waals surface area contributed by atoms with Crippen LogP contribution in [-0.4, -0.2) is 38.2 Å². The molecule has 0 amide bonds. The van der Waals surface area contributed by atoms with Crippen molar-refractivity contribution in [2.24, 2.45) is 5.92 Å². The molecule has 2 rings (SSSR count). The van der Waals surface area contributed by atoms with Crippen molar-refractivity contribution in [1.29, 1.82) is 0 Å². The van der Waals surface area contributed by atoms with Crippen molar-refractivity contribution in [3.05, 3.63) is 29.3 Å². The standard InChI is InChI=1S/C22H36O5Si/c1-8-25-19-10-9-17(14-22(20(23)24)16(2)11-12-26-22)13-18(19)15-27-28(6,7)21(3,4)5/h9-10,13,16H,8,11-12,14-15H2,1-7H3,(H,23,24). The largest absolute Gasteiger partial charge is 0.494 e. The maximum absolute atomic E-state index is 12.0. The van der Waals surface area contributed by atoms with E-state index >= 15 is 0 Å². The summed E-state index contributed by atoms with van der Waals surface area (Å²) in [6.45, 7) is 16.6. The summed E-state index contributed by atoms with van der Waals surface area (Å²) in [6, 6.07) is 5.90. The van der Waals surface area contributed by atoms with Gasteiger partial charge in [-0.15, -0.1) is 0 Å². The molecule has 1 N–H and O–H groups in total. The number of rotatable bonds is 8. The van der Waals surface area contributed by atoms with Crippen molar-refractivity contribution in [3.8, 4) is 5.75 Å². The lowest BCUT2D eigenvalue weighted by Gasteiger charge is -2.36. The summed E-state index contributed by atoms with van der Waals surface area (Å²) < 4.78 is 17.9. The third-order valence-corrected chi connectivity index (χ3v) is 10.8. The van der Waals surface area contributed by atoms with Gasteiger partial charge in [0.15, 0.2) is 13.9 Å². The van der Waals surface area contributed by atoms with Crippen molar-refractivity contribution in [3.63, 3.8) is 0 Å². The minimum absolute atomic E-state index is 0.0245. The SMILES string of the molecule is CCOc1ccc(CC2(C(=O)O)OCCC2C)cc1CO[Si](C)(C)C(C)(C)C. The van der Waals surface area contributed by atoms with E-state index < -0.39 is 19.9 Å². The third-order valence-electron chi connectivity index (χ3n) is 6.35. The van der Waals surface area contributed by atoms with Gasteiger partial charge in [0.25, 0.3) is 0 Å². The molecule has 6 heteroatoms. The van der Waals surface area contributed by atoms with Crippen LogP contribution in [-0.2, 0) is 27.0 Å². The Kier molecular flexibility index (Phi) is 7.00. The van der Waals surface area contributed by atoms with Gasteiger partial charge in [-0.05, 0) is 55.1 Å². The average Bonchev–Trinajstić information content (AvgIpc) is 2.96. The zero-order chi connectivity index (χ0) is 21.2. The van der Waals surface area contributed by atoms with Gasteiger partial charge in [0.05, 0.1) is 13.2 Å². The Balaban J connectivity index is 2.29. The number of benzene rings is 1. The number of carboxylic acid groups (broad SMARTS) is 1. The van der Waals surface area contributed by atoms with E-state index in [4.69, 9.17) is 13.9 Å². The molecule has 1 aliphatic rings. The van der Waals surface area contributed by atoms with Crippen LogP contribution >= 0.6 is 0 Å². The summed E-state index contributed by atoms with van der Waals surface area (Å²) in [4.78, 5) is 12.0. The van der Waals surface area contributed by atoms with Crippen LogP contribution in [0.2, 0.25) is 18.1 Å². The zero-order valence-corrected chi connectivity index (χ0v) is 19.4. The molecule has 1 aromatic rings. The quantitative estimate of drug-likeness (QED) is 0.611. The fourth-order valence-corrected chi connectivity index (χ4v) is 4.25. The van der Waals surface area contributed by atoms with Crippen molar-refractivity contribution in [2.75, 3.05) is 13.2 Å². The van der Waals surface area contributed by atoms with E-state index in [9.17, 15) is 9.90 Å². The van der Waals surface area contributed by atoms with Crippen molar-refractivity contribution < 1.29 is 23.8 Å². The number of carbonyl (C=O) groups is 1. The van der Waals surface area contributed by atoms with E-state index in [0.29, 0.717) is 26.2 Å². The van der Waals surface area contributed by atoms with E-state index in [-0.39, 0.29) is 11.0 Å². The van der Waals surface area contributed by atoms with Crippen LogP contribution in [0.3, 0.4) is 0 Å². The van der Waals surface area contributed by atoms with Crippen LogP contribution < -0.4 is 4.74 Å². The molecular formula is C22H36O5Si. The van der Waals surface area contributed by atoms with Crippen LogP contribution in [0.1, 0.15) is 52.2 Å². The van der Waals surface area contributed by atoms with Gasteiger partial charge in [-0.1, -0.05) is 33.8 Å². The summed E-state index contributed by atoms with van der Waals surface area (Å²) in [7, 11) is -1.90. The van der Waals surface area contributed by atoms with E-state index in [1.165, 1.54) is 0 Å². The molecule has 2 unspecified atom stereocenters. The molecule has 0 aliphatic carbocycles. The Hall–Kier alpha value is -1.37. The van der Waals surface area contributed by atoms with Gasteiger partial charge in [0.1, 0.15) is 5.75 Å². The zero-order valence-electron chi connectivity index (χ0n) is 18.4. The van der Waals surface area contributed by atoms with Gasteiger partial charge < -0.3 is 19.0 Å². The number of hydrogen-bond donors (Lipinski definition) is 1. The van der Waals surface area contributed by atoms with Gasteiger partial charge in [0.2, 0.25) is 0 Å². The smallest absolute Gasteiger partial charge is 0.336 e. The Morgan fingerprint density at radius 1 is 1.36 bits per heavy atom. The first-order valence-electron chi connectivity index (χ1n) is 10.2. The fourth-order valence-electron chi connectivity index (χ4n) is 3.30. The van der Waals surface area contributed by atoms with E-state index in [1.807, 2.05) is 32.0 Å². The number of hydrogen-bond acceptors (Lipinski definition) is 4. The van der Waals surface area contributed by atoms with Gasteiger partial charge in [0, 0.05) is 18.6 Å². The van der Waals surface area contributed by atoms with Crippen molar-refractivity contribution in [1.82, 2.24) is 0 Å².